The predicted molar refractivity (Wildman–Crippen MR) is 88.3 cm³/mol. The van der Waals surface area contributed by atoms with E-state index in [1.165, 1.54) is 35.1 Å². The molecule has 22 heavy (non-hydrogen) atoms. The Kier molecular flexibility index (Phi) is 3.70. The summed E-state index contributed by atoms with van der Waals surface area (Å²) in [4.78, 5) is 23.1. The second-order valence-corrected chi connectivity index (χ2v) is 7.22. The minimum absolute atomic E-state index is 0.157. The highest BCUT2D eigenvalue weighted by molar-refractivity contribution is 7.19. The average Bonchev–Trinajstić information content (AvgIpc) is 2.80. The lowest BCUT2D eigenvalue weighted by Crippen LogP contribution is -2.23. The van der Waals surface area contributed by atoms with E-state index in [0.29, 0.717) is 12.5 Å². The Morgan fingerprint density at radius 1 is 1.18 bits per heavy atom. The molecule has 2 aromatic heterocycles. The third kappa shape index (κ3) is 2.56. The van der Waals surface area contributed by atoms with Gasteiger partial charge >= 0.3 is 0 Å². The summed E-state index contributed by atoms with van der Waals surface area (Å²) >= 11 is 1.82. The number of amides is 1. The number of thiophene rings is 1. The van der Waals surface area contributed by atoms with Crippen molar-refractivity contribution in [3.63, 3.8) is 0 Å². The van der Waals surface area contributed by atoms with Crippen molar-refractivity contribution >= 4 is 33.3 Å². The topological polar surface area (TPSA) is 66.9 Å². The van der Waals surface area contributed by atoms with Crippen molar-refractivity contribution in [2.24, 2.45) is 0 Å². The molecule has 5 nitrogen and oxygen atoms in total. The molecule has 0 aromatic carbocycles. The molecule has 0 unspecified atom stereocenters. The normalized spacial score (nSPS) is 22.0. The molecule has 0 bridgehead atoms. The highest BCUT2D eigenvalue weighted by atomic mass is 32.1. The van der Waals surface area contributed by atoms with Crippen LogP contribution in [0.15, 0.2) is 6.33 Å². The van der Waals surface area contributed by atoms with E-state index < -0.39 is 0 Å². The number of carbonyl (C=O) groups is 1. The Hall–Kier alpha value is -1.69. The SMILES string of the molecule is O=C1CC[C@H](Nc2ncnc3sc4c(c23)CCCC4)CCN1. The van der Waals surface area contributed by atoms with Crippen molar-refractivity contribution < 1.29 is 4.79 Å². The fourth-order valence-electron chi connectivity index (χ4n) is 3.46. The molecule has 0 spiro atoms. The lowest BCUT2D eigenvalue weighted by Gasteiger charge is -2.18. The summed E-state index contributed by atoms with van der Waals surface area (Å²) in [5, 5.41) is 7.74. The number of carbonyl (C=O) groups excluding carboxylic acids is 1. The Bertz CT molecular complexity index is 711. The number of anilines is 1. The summed E-state index contributed by atoms with van der Waals surface area (Å²) < 4.78 is 0. The number of nitrogens with zero attached hydrogens (tertiary/aromatic N) is 2. The predicted octanol–water partition coefficient (Wildman–Crippen LogP) is 2.65. The molecule has 0 radical (unpaired) electrons. The lowest BCUT2D eigenvalue weighted by molar-refractivity contribution is -0.120. The Labute approximate surface area is 133 Å². The van der Waals surface area contributed by atoms with Crippen LogP contribution in [0.25, 0.3) is 10.2 Å². The molecular formula is C16H20N4OS. The van der Waals surface area contributed by atoms with Gasteiger partial charge in [-0.3, -0.25) is 4.79 Å². The van der Waals surface area contributed by atoms with E-state index in [9.17, 15) is 4.79 Å². The molecule has 1 amide bonds. The van der Waals surface area contributed by atoms with Gasteiger partial charge in [0.2, 0.25) is 5.91 Å². The first-order valence-electron chi connectivity index (χ1n) is 8.10. The molecule has 4 rings (SSSR count). The van der Waals surface area contributed by atoms with Gasteiger partial charge in [-0.05, 0) is 44.1 Å². The summed E-state index contributed by atoms with van der Waals surface area (Å²) in [7, 11) is 0. The first-order chi connectivity index (χ1) is 10.8. The van der Waals surface area contributed by atoms with Crippen molar-refractivity contribution in [2.75, 3.05) is 11.9 Å². The van der Waals surface area contributed by atoms with Gasteiger partial charge in [-0.2, -0.15) is 0 Å². The van der Waals surface area contributed by atoms with E-state index in [-0.39, 0.29) is 5.91 Å². The lowest BCUT2D eigenvalue weighted by atomic mass is 9.97. The number of hydrogen-bond donors (Lipinski definition) is 2. The zero-order valence-electron chi connectivity index (χ0n) is 12.5. The molecule has 2 aromatic rings. The summed E-state index contributed by atoms with van der Waals surface area (Å²) in [5.41, 5.74) is 1.46. The van der Waals surface area contributed by atoms with Gasteiger partial charge in [0.05, 0.1) is 5.39 Å². The number of fused-ring (bicyclic) bond motifs is 3. The molecule has 1 atom stereocenters. The van der Waals surface area contributed by atoms with Crippen molar-refractivity contribution in [1.82, 2.24) is 15.3 Å². The molecule has 116 valence electrons. The van der Waals surface area contributed by atoms with Crippen LogP contribution in [-0.4, -0.2) is 28.5 Å². The van der Waals surface area contributed by atoms with Crippen molar-refractivity contribution in [3.8, 4) is 0 Å². The van der Waals surface area contributed by atoms with Gasteiger partial charge in [0, 0.05) is 23.9 Å². The van der Waals surface area contributed by atoms with Crippen LogP contribution >= 0.6 is 11.3 Å². The average molecular weight is 316 g/mol. The maximum Gasteiger partial charge on any atom is 0.220 e. The van der Waals surface area contributed by atoms with Crippen LogP contribution in [0.4, 0.5) is 5.82 Å². The number of aromatic nitrogens is 2. The van der Waals surface area contributed by atoms with Gasteiger partial charge in [0.1, 0.15) is 17.0 Å². The number of aryl methyl sites for hydroxylation is 2. The summed E-state index contributed by atoms with van der Waals surface area (Å²) in [6.45, 7) is 0.743. The zero-order chi connectivity index (χ0) is 14.9. The molecular weight excluding hydrogens is 296 g/mol. The molecule has 2 N–H and O–H groups in total. The van der Waals surface area contributed by atoms with Crippen LogP contribution in [0, 0.1) is 0 Å². The molecule has 1 aliphatic carbocycles. The molecule has 2 aliphatic rings. The molecule has 0 saturated carbocycles. The number of hydrogen-bond acceptors (Lipinski definition) is 5. The Balaban J connectivity index is 1.66. The van der Waals surface area contributed by atoms with Gasteiger partial charge in [-0.1, -0.05) is 0 Å². The van der Waals surface area contributed by atoms with E-state index >= 15 is 0 Å². The maximum atomic E-state index is 11.5. The number of rotatable bonds is 2. The van der Waals surface area contributed by atoms with E-state index in [0.717, 1.165) is 36.5 Å². The van der Waals surface area contributed by atoms with Gasteiger partial charge in [-0.15, -0.1) is 11.3 Å². The smallest absolute Gasteiger partial charge is 0.220 e. The molecule has 3 heterocycles. The van der Waals surface area contributed by atoms with Crippen molar-refractivity contribution in [3.05, 3.63) is 16.8 Å². The maximum absolute atomic E-state index is 11.5. The van der Waals surface area contributed by atoms with Gasteiger partial charge < -0.3 is 10.6 Å². The van der Waals surface area contributed by atoms with E-state index in [1.807, 2.05) is 11.3 Å². The molecule has 1 fully saturated rings. The van der Waals surface area contributed by atoms with Crippen LogP contribution in [0.5, 0.6) is 0 Å². The molecule has 1 saturated heterocycles. The molecule has 1 aliphatic heterocycles. The van der Waals surface area contributed by atoms with Crippen LogP contribution in [0.2, 0.25) is 0 Å². The van der Waals surface area contributed by atoms with E-state index in [1.54, 1.807) is 6.33 Å². The third-order valence-electron chi connectivity index (χ3n) is 4.63. The number of nitrogens with one attached hydrogen (secondary N) is 2. The highest BCUT2D eigenvalue weighted by Crippen LogP contribution is 2.38. The fourth-order valence-corrected chi connectivity index (χ4v) is 4.69. The minimum Gasteiger partial charge on any atom is -0.367 e. The van der Waals surface area contributed by atoms with Crippen LogP contribution in [0.3, 0.4) is 0 Å². The van der Waals surface area contributed by atoms with E-state index in [4.69, 9.17) is 0 Å². The summed E-state index contributed by atoms with van der Waals surface area (Å²) in [6, 6.07) is 0.302. The Morgan fingerprint density at radius 2 is 2.09 bits per heavy atom. The Morgan fingerprint density at radius 3 is 3.05 bits per heavy atom. The second kappa shape index (κ2) is 5.83. The third-order valence-corrected chi connectivity index (χ3v) is 5.83. The second-order valence-electron chi connectivity index (χ2n) is 6.13. The fraction of sp³-hybridized carbons (Fsp3) is 0.562. The zero-order valence-corrected chi connectivity index (χ0v) is 13.3. The first kappa shape index (κ1) is 13.9. The van der Waals surface area contributed by atoms with Gasteiger partial charge in [0.25, 0.3) is 0 Å². The van der Waals surface area contributed by atoms with E-state index in [2.05, 4.69) is 20.6 Å². The van der Waals surface area contributed by atoms with Gasteiger partial charge in [-0.25, -0.2) is 9.97 Å². The van der Waals surface area contributed by atoms with Crippen LogP contribution in [-0.2, 0) is 17.6 Å². The van der Waals surface area contributed by atoms with Crippen LogP contribution < -0.4 is 10.6 Å². The highest BCUT2D eigenvalue weighted by Gasteiger charge is 2.22. The summed E-state index contributed by atoms with van der Waals surface area (Å²) in [5.74, 6) is 1.12. The van der Waals surface area contributed by atoms with Gasteiger partial charge in [0.15, 0.2) is 0 Å². The quantitative estimate of drug-likeness (QED) is 0.894. The first-order valence-corrected chi connectivity index (χ1v) is 8.91. The monoisotopic (exact) mass is 316 g/mol. The summed E-state index contributed by atoms with van der Waals surface area (Å²) in [6.07, 6.45) is 8.93. The minimum atomic E-state index is 0.157. The van der Waals surface area contributed by atoms with Crippen LogP contribution in [0.1, 0.15) is 42.5 Å². The standard InChI is InChI=1S/C16H20N4OS/c21-13-6-5-10(7-8-17-13)20-15-14-11-3-1-2-4-12(11)22-16(14)19-9-18-15/h9-10H,1-8H2,(H,17,21)(H,18,19,20)/t10-/m0/s1. The van der Waals surface area contributed by atoms with Crippen molar-refractivity contribution in [2.45, 2.75) is 51.0 Å². The largest absolute Gasteiger partial charge is 0.367 e. The molecule has 6 heteroatoms. The van der Waals surface area contributed by atoms with Crippen molar-refractivity contribution in [1.29, 1.82) is 0 Å².